The first-order chi connectivity index (χ1) is 9.83. The molecule has 0 aliphatic rings. The van der Waals surface area contributed by atoms with Gasteiger partial charge in [-0.15, -0.1) is 34.5 Å². The fraction of sp³-hybridized carbons (Fsp3) is 0.0500. The van der Waals surface area contributed by atoms with E-state index in [0.717, 1.165) is 0 Å². The summed E-state index contributed by atoms with van der Waals surface area (Å²) < 4.78 is 0. The van der Waals surface area contributed by atoms with Gasteiger partial charge in [0.1, 0.15) is 0 Å². The van der Waals surface area contributed by atoms with Crippen LogP contribution in [0.3, 0.4) is 0 Å². The van der Waals surface area contributed by atoms with E-state index in [1.165, 1.54) is 38.2 Å². The van der Waals surface area contributed by atoms with Crippen LogP contribution in [0.1, 0.15) is 5.56 Å². The molecule has 0 unspecified atom stereocenters. The van der Waals surface area contributed by atoms with Crippen molar-refractivity contribution in [2.75, 3.05) is 0 Å². The molecule has 0 fully saturated rings. The van der Waals surface area contributed by atoms with Crippen molar-refractivity contribution < 1.29 is 26.2 Å². The van der Waals surface area contributed by atoms with Crippen LogP contribution in [-0.4, -0.2) is 0 Å². The number of hydrogen-bond donors (Lipinski definition) is 0. The van der Waals surface area contributed by atoms with Crippen LogP contribution in [-0.2, 0) is 26.2 Å². The first kappa shape index (κ1) is 14.4. The van der Waals surface area contributed by atoms with Gasteiger partial charge in [-0.25, -0.2) is 0 Å². The molecule has 0 radical (unpaired) electrons. The topological polar surface area (TPSA) is 0 Å². The van der Waals surface area contributed by atoms with Gasteiger partial charge >= 0.3 is 0 Å². The van der Waals surface area contributed by atoms with Gasteiger partial charge in [0.15, 0.2) is 0 Å². The Morgan fingerprint density at radius 2 is 1.48 bits per heavy atom. The molecule has 0 atom stereocenters. The predicted octanol–water partition coefficient (Wildman–Crippen LogP) is 5.68. The van der Waals surface area contributed by atoms with Gasteiger partial charge in [-0.3, -0.25) is 0 Å². The second kappa shape index (κ2) is 5.66. The van der Waals surface area contributed by atoms with Crippen LogP contribution >= 0.6 is 0 Å². The minimum atomic E-state index is 0. The van der Waals surface area contributed by atoms with Crippen molar-refractivity contribution in [2.45, 2.75) is 6.92 Å². The van der Waals surface area contributed by atoms with Crippen LogP contribution < -0.4 is 0 Å². The Balaban J connectivity index is 0.00000132. The maximum atomic E-state index is 2.28. The van der Waals surface area contributed by atoms with Gasteiger partial charge < -0.3 is 0 Å². The van der Waals surface area contributed by atoms with E-state index >= 15 is 0 Å². The fourth-order valence-corrected chi connectivity index (χ4v) is 3.01. The fourth-order valence-electron chi connectivity index (χ4n) is 3.01. The van der Waals surface area contributed by atoms with Crippen molar-refractivity contribution in [3.8, 4) is 11.1 Å². The first-order valence-electron chi connectivity index (χ1n) is 6.97. The molecule has 100 valence electrons. The monoisotopic (exact) mass is 345 g/mol. The van der Waals surface area contributed by atoms with Gasteiger partial charge in [0, 0.05) is 26.2 Å². The van der Waals surface area contributed by atoms with Gasteiger partial charge in [0.2, 0.25) is 0 Å². The average molecular weight is 347 g/mol. The summed E-state index contributed by atoms with van der Waals surface area (Å²) >= 11 is 0. The van der Waals surface area contributed by atoms with Crippen LogP contribution in [0, 0.1) is 6.92 Å². The van der Waals surface area contributed by atoms with Crippen molar-refractivity contribution in [1.29, 1.82) is 0 Å². The van der Waals surface area contributed by atoms with Crippen LogP contribution in [0.5, 0.6) is 0 Å². The summed E-state index contributed by atoms with van der Waals surface area (Å²) in [5, 5.41) is 5.30. The van der Waals surface area contributed by atoms with Crippen LogP contribution in [0.15, 0.2) is 72.8 Å². The molecule has 0 bridgehead atoms. The Labute approximate surface area is 143 Å². The van der Waals surface area contributed by atoms with E-state index in [4.69, 9.17) is 0 Å². The van der Waals surface area contributed by atoms with E-state index in [1.807, 2.05) is 0 Å². The zero-order valence-electron chi connectivity index (χ0n) is 11.9. The molecule has 21 heavy (non-hydrogen) atoms. The Bertz CT molecular complexity index is 882. The predicted molar refractivity (Wildman–Crippen MR) is 87.2 cm³/mol. The number of aryl methyl sites for hydroxylation is 1. The Hall–Kier alpha value is -1.59. The minimum Gasteiger partial charge on any atom is -0.145 e. The summed E-state index contributed by atoms with van der Waals surface area (Å²) in [6.45, 7) is 2.17. The van der Waals surface area contributed by atoms with E-state index < -0.39 is 0 Å². The van der Waals surface area contributed by atoms with Gasteiger partial charge in [-0.1, -0.05) is 60.2 Å². The molecule has 0 aromatic heterocycles. The summed E-state index contributed by atoms with van der Waals surface area (Å²) in [5.41, 5.74) is 3.96. The number of hydrogen-bond acceptors (Lipinski definition) is 0. The van der Waals surface area contributed by atoms with Crippen LogP contribution in [0.25, 0.3) is 32.7 Å². The number of benzene rings is 3. The molecule has 0 amide bonds. The van der Waals surface area contributed by atoms with Gasteiger partial charge in [-0.2, -0.15) is 0 Å². The zero-order chi connectivity index (χ0) is 13.5. The molecule has 0 saturated heterocycles. The van der Waals surface area contributed by atoms with Crippen LogP contribution in [0.2, 0.25) is 0 Å². The normalized spacial score (nSPS) is 10.7. The molecule has 4 aromatic rings. The minimum absolute atomic E-state index is 0. The molecular weight excluding hydrogens is 331 g/mol. The third kappa shape index (κ3) is 2.41. The van der Waals surface area contributed by atoms with Gasteiger partial charge in [-0.05, 0) is 23.3 Å². The summed E-state index contributed by atoms with van der Waals surface area (Å²) in [6, 6.07) is 26.2. The molecule has 0 aliphatic carbocycles. The quantitative estimate of drug-likeness (QED) is 0.389. The average Bonchev–Trinajstić information content (AvgIpc) is 2.91. The summed E-state index contributed by atoms with van der Waals surface area (Å²) in [7, 11) is 0. The Morgan fingerprint density at radius 1 is 0.762 bits per heavy atom. The van der Waals surface area contributed by atoms with Gasteiger partial charge in [0.05, 0.1) is 0 Å². The third-order valence-electron chi connectivity index (χ3n) is 4.07. The van der Waals surface area contributed by atoms with E-state index in [-0.39, 0.29) is 26.2 Å². The molecule has 0 aliphatic heterocycles. The molecule has 0 saturated carbocycles. The van der Waals surface area contributed by atoms with E-state index in [1.54, 1.807) is 0 Å². The third-order valence-corrected chi connectivity index (χ3v) is 4.07. The van der Waals surface area contributed by atoms with Gasteiger partial charge in [0.25, 0.3) is 0 Å². The summed E-state index contributed by atoms with van der Waals surface area (Å²) in [6.07, 6.45) is 0. The molecule has 0 N–H and O–H groups in total. The smallest absolute Gasteiger partial charge is 0 e. The standard InChI is InChI=1S/C20H15.Zr/c1-14-10-11-19(20-9-5-4-8-18(14)20)17-12-15-6-2-3-7-16(15)13-17;/h2-13H,1H3;/q-1;. The molecule has 4 aromatic carbocycles. The Morgan fingerprint density at radius 3 is 2.29 bits per heavy atom. The second-order valence-electron chi connectivity index (χ2n) is 5.35. The molecule has 4 rings (SSSR count). The maximum absolute atomic E-state index is 2.28. The summed E-state index contributed by atoms with van der Waals surface area (Å²) in [4.78, 5) is 0. The number of rotatable bonds is 1. The largest absolute Gasteiger partial charge is 0.145 e. The molecule has 0 spiro atoms. The second-order valence-corrected chi connectivity index (χ2v) is 5.35. The first-order valence-corrected chi connectivity index (χ1v) is 6.97. The molecular formula is C20H15Zr-. The van der Waals surface area contributed by atoms with E-state index in [9.17, 15) is 0 Å². The van der Waals surface area contributed by atoms with E-state index in [2.05, 4.69) is 79.7 Å². The SMILES string of the molecule is Cc1ccc(-c2cc3ccccc3[cH-]2)c2ccccc12.[Zr]. The van der Waals surface area contributed by atoms with Crippen molar-refractivity contribution in [2.24, 2.45) is 0 Å². The van der Waals surface area contributed by atoms with Crippen molar-refractivity contribution in [3.63, 3.8) is 0 Å². The maximum Gasteiger partial charge on any atom is 0 e. The zero-order valence-corrected chi connectivity index (χ0v) is 14.4. The van der Waals surface area contributed by atoms with Crippen molar-refractivity contribution >= 4 is 21.5 Å². The molecule has 0 nitrogen and oxygen atoms in total. The number of fused-ring (bicyclic) bond motifs is 2. The van der Waals surface area contributed by atoms with Crippen molar-refractivity contribution in [3.05, 3.63) is 78.4 Å². The van der Waals surface area contributed by atoms with Crippen LogP contribution in [0.4, 0.5) is 0 Å². The summed E-state index contributed by atoms with van der Waals surface area (Å²) in [5.74, 6) is 0. The molecule has 0 heterocycles. The van der Waals surface area contributed by atoms with E-state index in [0.29, 0.717) is 0 Å². The Kier molecular flexibility index (Phi) is 3.87. The van der Waals surface area contributed by atoms with Crippen molar-refractivity contribution in [1.82, 2.24) is 0 Å². The molecule has 1 heteroatoms.